The van der Waals surface area contributed by atoms with Gasteiger partial charge in [0, 0.05) is 0 Å². The molecule has 0 radical (unpaired) electrons. The van der Waals surface area contributed by atoms with E-state index in [1.165, 1.54) is 16.7 Å². The molecule has 0 amide bonds. The van der Waals surface area contributed by atoms with Crippen LogP contribution in [0.25, 0.3) is 0 Å². The minimum Gasteiger partial charge on any atom is -0.0961 e. The summed E-state index contributed by atoms with van der Waals surface area (Å²) in [6.07, 6.45) is 10.4. The maximum Gasteiger partial charge on any atom is -0.0398 e. The second kappa shape index (κ2) is 16.7. The molecule has 19 heavy (non-hydrogen) atoms. The van der Waals surface area contributed by atoms with Crippen molar-refractivity contribution in [1.82, 2.24) is 0 Å². The minimum atomic E-state index is 1.07. The SMILES string of the molecule is C=C(C)/C=C/C=C(C)/C=C/C(C)=C(C)C.CC.CC. The topological polar surface area (TPSA) is 0 Å². The molecule has 0 aliphatic heterocycles. The zero-order chi connectivity index (χ0) is 15.8. The third kappa shape index (κ3) is 19.2. The van der Waals surface area contributed by atoms with Crippen molar-refractivity contribution in [2.24, 2.45) is 0 Å². The summed E-state index contributed by atoms with van der Waals surface area (Å²) in [7, 11) is 0. The van der Waals surface area contributed by atoms with Gasteiger partial charge in [-0.2, -0.15) is 0 Å². The summed E-state index contributed by atoms with van der Waals surface area (Å²) in [6.45, 7) is 22.3. The highest BCUT2D eigenvalue weighted by Crippen LogP contribution is 2.06. The summed E-state index contributed by atoms with van der Waals surface area (Å²) < 4.78 is 0. The summed E-state index contributed by atoms with van der Waals surface area (Å²) in [5.74, 6) is 0. The van der Waals surface area contributed by atoms with E-state index in [1.54, 1.807) is 0 Å². The maximum absolute atomic E-state index is 3.81. The minimum absolute atomic E-state index is 1.07. The average Bonchev–Trinajstić information content (AvgIpc) is 2.40. The van der Waals surface area contributed by atoms with Crippen LogP contribution in [0, 0.1) is 0 Å². The van der Waals surface area contributed by atoms with E-state index in [-0.39, 0.29) is 0 Å². The second-order valence-corrected chi connectivity index (χ2v) is 4.13. The van der Waals surface area contributed by atoms with Crippen LogP contribution in [0.1, 0.15) is 62.3 Å². The van der Waals surface area contributed by atoms with Crippen LogP contribution >= 0.6 is 0 Å². The van der Waals surface area contributed by atoms with Crippen molar-refractivity contribution in [3.8, 4) is 0 Å². The Kier molecular flexibility index (Phi) is 20.1. The van der Waals surface area contributed by atoms with Gasteiger partial charge in [-0.1, -0.05) is 86.9 Å². The lowest BCUT2D eigenvalue weighted by atomic mass is 10.1. The fourth-order valence-electron chi connectivity index (χ4n) is 0.843. The van der Waals surface area contributed by atoms with Crippen LogP contribution in [0.2, 0.25) is 0 Å². The lowest BCUT2D eigenvalue weighted by Gasteiger charge is -1.95. The Bertz CT molecular complexity index is 329. The van der Waals surface area contributed by atoms with E-state index in [4.69, 9.17) is 0 Å². The quantitative estimate of drug-likeness (QED) is 0.477. The summed E-state index contributed by atoms with van der Waals surface area (Å²) >= 11 is 0. The molecule has 0 aliphatic carbocycles. The van der Waals surface area contributed by atoms with E-state index >= 15 is 0 Å². The molecule has 0 aliphatic rings. The number of allylic oxidation sites excluding steroid dienone is 9. The molecular formula is C19H34. The molecule has 0 saturated carbocycles. The van der Waals surface area contributed by atoms with Gasteiger partial charge in [0.15, 0.2) is 0 Å². The Morgan fingerprint density at radius 3 is 1.58 bits per heavy atom. The molecule has 0 spiro atoms. The Labute approximate surface area is 122 Å². The lowest BCUT2D eigenvalue weighted by Crippen LogP contribution is -1.74. The van der Waals surface area contributed by atoms with Gasteiger partial charge in [-0.3, -0.25) is 0 Å². The first-order valence-electron chi connectivity index (χ1n) is 7.26. The fraction of sp³-hybridized carbons (Fsp3) is 0.474. The van der Waals surface area contributed by atoms with E-state index in [0.29, 0.717) is 0 Å². The molecule has 0 nitrogen and oxygen atoms in total. The van der Waals surface area contributed by atoms with Crippen molar-refractivity contribution in [3.05, 3.63) is 59.3 Å². The van der Waals surface area contributed by atoms with Gasteiger partial charge >= 0.3 is 0 Å². The largest absolute Gasteiger partial charge is 0.0961 e. The summed E-state index contributed by atoms with van der Waals surface area (Å²) in [5, 5.41) is 0. The van der Waals surface area contributed by atoms with Crippen molar-refractivity contribution in [2.75, 3.05) is 0 Å². The predicted molar refractivity (Wildman–Crippen MR) is 93.6 cm³/mol. The van der Waals surface area contributed by atoms with Crippen LogP contribution in [0.15, 0.2) is 59.3 Å². The molecule has 0 unspecified atom stereocenters. The van der Waals surface area contributed by atoms with Gasteiger partial charge in [0.1, 0.15) is 0 Å². The average molecular weight is 262 g/mol. The van der Waals surface area contributed by atoms with Crippen molar-refractivity contribution in [1.29, 1.82) is 0 Å². The number of rotatable bonds is 4. The first-order chi connectivity index (χ1) is 8.93. The van der Waals surface area contributed by atoms with Crippen molar-refractivity contribution >= 4 is 0 Å². The Hall–Kier alpha value is -1.30. The Morgan fingerprint density at radius 2 is 1.21 bits per heavy atom. The molecule has 0 rings (SSSR count). The van der Waals surface area contributed by atoms with Crippen molar-refractivity contribution in [2.45, 2.75) is 62.3 Å². The Morgan fingerprint density at radius 1 is 0.737 bits per heavy atom. The molecule has 0 aromatic heterocycles. The molecule has 0 saturated heterocycles. The first kappa shape index (κ1) is 22.8. The molecule has 0 heterocycles. The summed E-state index contributed by atoms with van der Waals surface area (Å²) in [6, 6.07) is 0. The molecule has 0 bridgehead atoms. The van der Waals surface area contributed by atoms with Gasteiger partial charge in [-0.05, 0) is 34.6 Å². The van der Waals surface area contributed by atoms with E-state index in [9.17, 15) is 0 Å². The zero-order valence-electron chi connectivity index (χ0n) is 14.6. The lowest BCUT2D eigenvalue weighted by molar-refractivity contribution is 1.29. The van der Waals surface area contributed by atoms with Crippen LogP contribution in [0.4, 0.5) is 0 Å². The number of hydrogen-bond donors (Lipinski definition) is 0. The van der Waals surface area contributed by atoms with Crippen LogP contribution < -0.4 is 0 Å². The van der Waals surface area contributed by atoms with Crippen LogP contribution in [-0.2, 0) is 0 Å². The third-order valence-electron chi connectivity index (χ3n) is 2.12. The predicted octanol–water partition coefficient (Wildman–Crippen LogP) is 7.03. The van der Waals surface area contributed by atoms with Crippen LogP contribution in [-0.4, -0.2) is 0 Å². The molecular weight excluding hydrogens is 228 g/mol. The van der Waals surface area contributed by atoms with Gasteiger partial charge in [-0.15, -0.1) is 0 Å². The van der Waals surface area contributed by atoms with E-state index < -0.39 is 0 Å². The molecule has 0 atom stereocenters. The molecule has 0 N–H and O–H groups in total. The summed E-state index contributed by atoms with van der Waals surface area (Å²) in [4.78, 5) is 0. The van der Waals surface area contributed by atoms with Gasteiger partial charge in [-0.25, -0.2) is 0 Å². The van der Waals surface area contributed by atoms with Gasteiger partial charge < -0.3 is 0 Å². The smallest absolute Gasteiger partial charge is 0.0398 e. The van der Waals surface area contributed by atoms with E-state index in [2.05, 4.69) is 52.5 Å². The number of hydrogen-bond acceptors (Lipinski definition) is 0. The molecule has 0 aromatic carbocycles. The fourth-order valence-corrected chi connectivity index (χ4v) is 0.843. The highest BCUT2D eigenvalue weighted by Gasteiger charge is 1.85. The standard InChI is InChI=1S/C15H22.2C2H6/c1-12(2)8-7-9-14(5)10-11-15(6)13(3)4;2*1-2/h7-11H,1H2,2-6H3;2*1-2H3/b8-7+,11-10+,14-9+;;. The monoisotopic (exact) mass is 262 g/mol. The molecule has 0 fully saturated rings. The van der Waals surface area contributed by atoms with E-state index in [0.717, 1.165) is 5.57 Å². The van der Waals surface area contributed by atoms with Crippen LogP contribution in [0.5, 0.6) is 0 Å². The third-order valence-corrected chi connectivity index (χ3v) is 2.12. The molecule has 0 aromatic rings. The normalized spacial score (nSPS) is 10.5. The summed E-state index contributed by atoms with van der Waals surface area (Å²) in [5.41, 5.74) is 5.00. The van der Waals surface area contributed by atoms with Gasteiger partial charge in [0.2, 0.25) is 0 Å². The highest BCUT2D eigenvalue weighted by molar-refractivity contribution is 5.30. The van der Waals surface area contributed by atoms with E-state index in [1.807, 2.05) is 46.8 Å². The molecule has 110 valence electrons. The highest BCUT2D eigenvalue weighted by atomic mass is 13.9. The van der Waals surface area contributed by atoms with Crippen LogP contribution in [0.3, 0.4) is 0 Å². The molecule has 0 heteroatoms. The maximum atomic E-state index is 3.81. The first-order valence-corrected chi connectivity index (χ1v) is 7.26. The van der Waals surface area contributed by atoms with Gasteiger partial charge in [0.25, 0.3) is 0 Å². The van der Waals surface area contributed by atoms with Crippen molar-refractivity contribution in [3.63, 3.8) is 0 Å². The second-order valence-electron chi connectivity index (χ2n) is 4.13. The zero-order valence-corrected chi connectivity index (χ0v) is 14.6. The Balaban J connectivity index is -0.000000579. The van der Waals surface area contributed by atoms with Crippen molar-refractivity contribution < 1.29 is 0 Å². The van der Waals surface area contributed by atoms with Gasteiger partial charge in [0.05, 0.1) is 0 Å².